The van der Waals surface area contributed by atoms with Crippen LogP contribution in [0.1, 0.15) is 44.2 Å². The molecule has 1 fully saturated rings. The van der Waals surface area contributed by atoms with Gasteiger partial charge in [-0.1, -0.05) is 38.3 Å². The van der Waals surface area contributed by atoms with Gasteiger partial charge in [-0.3, -0.25) is 4.90 Å². The Hall–Kier alpha value is 0.450. The number of hydrogen-bond donors (Lipinski definition) is 1. The zero-order chi connectivity index (χ0) is 13.5. The molecule has 0 radical (unpaired) electrons. The van der Waals surface area contributed by atoms with Crippen molar-refractivity contribution in [1.29, 1.82) is 0 Å². The van der Waals surface area contributed by atoms with Gasteiger partial charge in [0, 0.05) is 35.8 Å². The van der Waals surface area contributed by atoms with E-state index < -0.39 is 0 Å². The summed E-state index contributed by atoms with van der Waals surface area (Å²) in [6.45, 7) is 6.92. The number of halogens is 3. The molecule has 1 atom stereocenters. The van der Waals surface area contributed by atoms with Crippen LogP contribution in [0.4, 0.5) is 0 Å². The van der Waals surface area contributed by atoms with Crippen molar-refractivity contribution in [3.05, 3.63) is 33.4 Å². The Morgan fingerprint density at radius 3 is 2.29 bits per heavy atom. The van der Waals surface area contributed by atoms with Gasteiger partial charge in [-0.05, 0) is 46.7 Å². The van der Waals surface area contributed by atoms with Gasteiger partial charge in [-0.2, -0.15) is 0 Å². The number of hydrogen-bond acceptors (Lipinski definition) is 2. The fraction of sp³-hybridized carbons (Fsp3) is 0.625. The Balaban J connectivity index is 0.00000200. The smallest absolute Gasteiger partial charge is 0.0349 e. The third kappa shape index (κ3) is 7.04. The summed E-state index contributed by atoms with van der Waals surface area (Å²) in [5.41, 5.74) is 1.50. The van der Waals surface area contributed by atoms with Crippen molar-refractivity contribution in [3.63, 3.8) is 0 Å². The number of nitrogens with one attached hydrogen (secondary N) is 1. The molecule has 21 heavy (non-hydrogen) atoms. The van der Waals surface area contributed by atoms with Crippen molar-refractivity contribution < 1.29 is 0 Å². The van der Waals surface area contributed by atoms with Crippen molar-refractivity contribution >= 4 is 47.4 Å². The maximum atomic E-state index is 3.45. The Labute approximate surface area is 155 Å². The van der Waals surface area contributed by atoms with Crippen LogP contribution in [0.15, 0.2) is 24.3 Å². The molecule has 1 N–H and O–H groups in total. The van der Waals surface area contributed by atoms with E-state index in [1.54, 1.807) is 0 Å². The van der Waals surface area contributed by atoms with Crippen molar-refractivity contribution in [1.82, 2.24) is 10.2 Å². The molecule has 0 saturated carbocycles. The van der Waals surface area contributed by atoms with Gasteiger partial charge in [0.1, 0.15) is 0 Å². The molecule has 1 saturated heterocycles. The zero-order valence-electron chi connectivity index (χ0n) is 12.7. The Kier molecular flexibility index (Phi) is 12.2. The van der Waals surface area contributed by atoms with E-state index in [4.69, 9.17) is 0 Å². The minimum Gasteiger partial charge on any atom is -0.314 e. The lowest BCUT2D eigenvalue weighted by Crippen LogP contribution is -2.45. The average Bonchev–Trinajstić information content (AvgIpc) is 2.46. The summed E-state index contributed by atoms with van der Waals surface area (Å²) < 4.78 is 1.33. The highest BCUT2D eigenvalue weighted by Gasteiger charge is 2.21. The van der Waals surface area contributed by atoms with Crippen LogP contribution >= 0.6 is 47.4 Å². The minimum absolute atomic E-state index is 0. The lowest BCUT2D eigenvalue weighted by Gasteiger charge is -2.35. The van der Waals surface area contributed by atoms with Crippen LogP contribution in [0, 0.1) is 3.57 Å². The lowest BCUT2D eigenvalue weighted by molar-refractivity contribution is 0.162. The van der Waals surface area contributed by atoms with E-state index in [1.165, 1.54) is 47.9 Å². The zero-order valence-corrected chi connectivity index (χ0v) is 16.5. The van der Waals surface area contributed by atoms with E-state index in [0.29, 0.717) is 6.04 Å². The van der Waals surface area contributed by atoms with E-state index in [9.17, 15) is 0 Å². The third-order valence-electron chi connectivity index (χ3n) is 3.93. The fourth-order valence-electron chi connectivity index (χ4n) is 2.83. The Morgan fingerprint density at radius 2 is 1.71 bits per heavy atom. The first-order chi connectivity index (χ1) is 9.31. The molecule has 1 heterocycles. The number of rotatable bonds is 6. The van der Waals surface area contributed by atoms with Gasteiger partial charge in [0.05, 0.1) is 0 Å². The summed E-state index contributed by atoms with van der Waals surface area (Å²) in [6, 6.07) is 9.74. The molecule has 2 rings (SSSR count). The van der Waals surface area contributed by atoms with E-state index in [1.807, 2.05) is 0 Å². The molecule has 1 aromatic carbocycles. The first-order valence-electron chi connectivity index (χ1n) is 7.51. The number of unbranched alkanes of at least 4 members (excludes halogenated alkanes) is 2. The topological polar surface area (TPSA) is 15.3 Å². The first-order valence-corrected chi connectivity index (χ1v) is 8.59. The van der Waals surface area contributed by atoms with Gasteiger partial charge in [0.15, 0.2) is 0 Å². The van der Waals surface area contributed by atoms with Gasteiger partial charge in [0.25, 0.3) is 0 Å². The Bertz CT molecular complexity index is 367. The highest BCUT2D eigenvalue weighted by Crippen LogP contribution is 2.27. The van der Waals surface area contributed by atoms with Crippen LogP contribution in [0.2, 0.25) is 0 Å². The van der Waals surface area contributed by atoms with E-state index in [0.717, 1.165) is 13.1 Å². The van der Waals surface area contributed by atoms with Crippen LogP contribution in [0.25, 0.3) is 0 Å². The third-order valence-corrected chi connectivity index (χ3v) is 4.65. The average molecular weight is 445 g/mol. The second-order valence-electron chi connectivity index (χ2n) is 5.35. The number of piperazine rings is 1. The molecule has 0 aromatic heterocycles. The lowest BCUT2D eigenvalue weighted by atomic mass is 9.98. The number of nitrogens with zero attached hydrogens (tertiary/aromatic N) is 1. The molecule has 1 aromatic rings. The largest absolute Gasteiger partial charge is 0.314 e. The molecular weight excluding hydrogens is 418 g/mol. The van der Waals surface area contributed by atoms with E-state index >= 15 is 0 Å². The van der Waals surface area contributed by atoms with Crippen LogP contribution < -0.4 is 5.32 Å². The standard InChI is InChI=1S/C16H25IN2.2ClH/c1-2-3-4-5-16(19-12-10-18-11-13-19)14-6-8-15(17)9-7-14;;/h6-9,16,18H,2-5,10-13H2,1H3;2*1H/t16-;;/m1../s1. The van der Waals surface area contributed by atoms with Crippen LogP contribution in [0.3, 0.4) is 0 Å². The van der Waals surface area contributed by atoms with Crippen LogP contribution in [0.5, 0.6) is 0 Å². The van der Waals surface area contributed by atoms with Gasteiger partial charge in [-0.25, -0.2) is 0 Å². The van der Waals surface area contributed by atoms with Crippen molar-refractivity contribution in [3.8, 4) is 0 Å². The molecule has 1 aliphatic rings. The molecule has 2 nitrogen and oxygen atoms in total. The molecule has 0 spiro atoms. The second-order valence-corrected chi connectivity index (χ2v) is 6.59. The normalized spacial score (nSPS) is 16.7. The van der Waals surface area contributed by atoms with Gasteiger partial charge in [0.2, 0.25) is 0 Å². The van der Waals surface area contributed by atoms with Gasteiger partial charge < -0.3 is 5.32 Å². The van der Waals surface area contributed by atoms with E-state index in [2.05, 4.69) is 64.0 Å². The van der Waals surface area contributed by atoms with Crippen LogP contribution in [-0.2, 0) is 0 Å². The SMILES string of the molecule is CCCCC[C@H](c1ccc(I)cc1)N1CCNCC1.Cl.Cl. The Morgan fingerprint density at radius 1 is 1.10 bits per heavy atom. The second kappa shape index (κ2) is 11.9. The molecule has 0 unspecified atom stereocenters. The maximum absolute atomic E-state index is 3.45. The molecule has 1 aliphatic heterocycles. The summed E-state index contributed by atoms with van der Waals surface area (Å²) in [6.07, 6.45) is 5.30. The van der Waals surface area contributed by atoms with E-state index in [-0.39, 0.29) is 24.8 Å². The molecule has 0 aliphatic carbocycles. The van der Waals surface area contributed by atoms with Crippen molar-refractivity contribution in [2.45, 2.75) is 38.6 Å². The number of benzene rings is 1. The van der Waals surface area contributed by atoms with Crippen LogP contribution in [-0.4, -0.2) is 31.1 Å². The quantitative estimate of drug-likeness (QED) is 0.506. The highest BCUT2D eigenvalue weighted by molar-refractivity contribution is 14.1. The van der Waals surface area contributed by atoms with Crippen molar-refractivity contribution in [2.24, 2.45) is 0 Å². The molecule has 0 bridgehead atoms. The molecule has 122 valence electrons. The predicted octanol–water partition coefficient (Wildman–Crippen LogP) is 4.66. The summed E-state index contributed by atoms with van der Waals surface area (Å²) in [5, 5.41) is 3.45. The molecular formula is C16H27Cl2IN2. The molecule has 0 amide bonds. The summed E-state index contributed by atoms with van der Waals surface area (Å²) in [7, 11) is 0. The highest BCUT2D eigenvalue weighted by atomic mass is 127. The maximum Gasteiger partial charge on any atom is 0.0349 e. The molecule has 5 heteroatoms. The minimum atomic E-state index is 0. The summed E-state index contributed by atoms with van der Waals surface area (Å²) in [5.74, 6) is 0. The first kappa shape index (κ1) is 21.4. The summed E-state index contributed by atoms with van der Waals surface area (Å²) >= 11 is 2.39. The fourth-order valence-corrected chi connectivity index (χ4v) is 3.19. The van der Waals surface area contributed by atoms with Gasteiger partial charge >= 0.3 is 0 Å². The monoisotopic (exact) mass is 444 g/mol. The summed E-state index contributed by atoms with van der Waals surface area (Å²) in [4.78, 5) is 2.66. The predicted molar refractivity (Wildman–Crippen MR) is 105 cm³/mol. The van der Waals surface area contributed by atoms with Crippen molar-refractivity contribution in [2.75, 3.05) is 26.2 Å². The van der Waals surface area contributed by atoms with Gasteiger partial charge in [-0.15, -0.1) is 24.8 Å².